The van der Waals surface area contributed by atoms with Crippen LogP contribution in [0.25, 0.3) is 0 Å². The van der Waals surface area contributed by atoms with Crippen LogP contribution in [-0.4, -0.2) is 23.3 Å². The van der Waals surface area contributed by atoms with E-state index in [1.165, 1.54) is 18.2 Å². The molecule has 24 heavy (non-hydrogen) atoms. The van der Waals surface area contributed by atoms with Gasteiger partial charge < -0.3 is 10.6 Å². The van der Waals surface area contributed by atoms with Crippen molar-refractivity contribution in [1.82, 2.24) is 5.32 Å². The molecule has 0 saturated carbocycles. The van der Waals surface area contributed by atoms with Crippen LogP contribution in [0.1, 0.15) is 15.9 Å². The number of nitro benzene ring substituents is 1. The number of nitrogens with one attached hydrogen (secondary N) is 2. The number of aryl methyl sites for hydroxylation is 1. The quantitative estimate of drug-likeness (QED) is 0.425. The van der Waals surface area contributed by atoms with Gasteiger partial charge in [0.15, 0.2) is 0 Å². The molecule has 2 rings (SSSR count). The lowest BCUT2D eigenvalue weighted by Crippen LogP contribution is -2.32. The Morgan fingerprint density at radius 1 is 1.17 bits per heavy atom. The summed E-state index contributed by atoms with van der Waals surface area (Å²) in [5.74, 6) is -0.929. The Morgan fingerprint density at radius 2 is 1.83 bits per heavy atom. The van der Waals surface area contributed by atoms with Crippen molar-refractivity contribution in [2.24, 2.45) is 0 Å². The Labute approximate surface area is 151 Å². The van der Waals surface area contributed by atoms with Crippen molar-refractivity contribution in [3.8, 4) is 0 Å². The average Bonchev–Trinajstić information content (AvgIpc) is 2.55. The van der Waals surface area contributed by atoms with E-state index in [0.29, 0.717) is 11.3 Å². The summed E-state index contributed by atoms with van der Waals surface area (Å²) in [5, 5.41) is 16.0. The van der Waals surface area contributed by atoms with Gasteiger partial charge in [-0.15, -0.1) is 0 Å². The summed E-state index contributed by atoms with van der Waals surface area (Å²) in [6.45, 7) is 1.36. The molecule has 0 aromatic heterocycles. The van der Waals surface area contributed by atoms with Gasteiger partial charge in [0.25, 0.3) is 11.6 Å². The van der Waals surface area contributed by atoms with E-state index in [1.54, 1.807) is 19.1 Å². The zero-order chi connectivity index (χ0) is 17.7. The molecular weight excluding hydrogens is 425 g/mol. The minimum absolute atomic E-state index is 0.133. The summed E-state index contributed by atoms with van der Waals surface area (Å²) < 4.78 is 1.04. The van der Waals surface area contributed by atoms with Gasteiger partial charge in [-0.2, -0.15) is 0 Å². The molecule has 2 aromatic carbocycles. The number of anilines is 1. The van der Waals surface area contributed by atoms with Crippen LogP contribution in [0, 0.1) is 20.6 Å². The van der Waals surface area contributed by atoms with E-state index in [2.05, 4.69) is 33.2 Å². The maximum atomic E-state index is 12.0. The SMILES string of the molecule is Cc1ccc(C(=O)NCC(=O)Nc2ccc(I)cc2)cc1[N+](=O)[O-]. The van der Waals surface area contributed by atoms with Crippen molar-refractivity contribution < 1.29 is 14.5 Å². The molecule has 2 amide bonds. The van der Waals surface area contributed by atoms with Crippen molar-refractivity contribution in [2.75, 3.05) is 11.9 Å². The van der Waals surface area contributed by atoms with Crippen molar-refractivity contribution in [3.05, 3.63) is 67.3 Å². The highest BCUT2D eigenvalue weighted by molar-refractivity contribution is 14.1. The third-order valence-electron chi connectivity index (χ3n) is 3.21. The van der Waals surface area contributed by atoms with E-state index in [0.717, 1.165) is 3.57 Å². The van der Waals surface area contributed by atoms with E-state index >= 15 is 0 Å². The van der Waals surface area contributed by atoms with Gasteiger partial charge in [0, 0.05) is 26.5 Å². The Morgan fingerprint density at radius 3 is 2.46 bits per heavy atom. The molecule has 0 saturated heterocycles. The number of amides is 2. The van der Waals surface area contributed by atoms with Gasteiger partial charge in [-0.3, -0.25) is 19.7 Å². The summed E-state index contributed by atoms with van der Waals surface area (Å²) in [6, 6.07) is 11.4. The maximum absolute atomic E-state index is 12.0. The fraction of sp³-hybridized carbons (Fsp3) is 0.125. The molecule has 8 heteroatoms. The lowest BCUT2D eigenvalue weighted by atomic mass is 10.1. The fourth-order valence-corrected chi connectivity index (χ4v) is 2.31. The smallest absolute Gasteiger partial charge is 0.273 e. The fourth-order valence-electron chi connectivity index (χ4n) is 1.95. The first-order valence-corrected chi connectivity index (χ1v) is 8.03. The number of halogens is 1. The van der Waals surface area contributed by atoms with Crippen molar-refractivity contribution in [3.63, 3.8) is 0 Å². The maximum Gasteiger partial charge on any atom is 0.273 e. The largest absolute Gasteiger partial charge is 0.343 e. The lowest BCUT2D eigenvalue weighted by molar-refractivity contribution is -0.385. The molecule has 0 fully saturated rings. The number of nitrogens with zero attached hydrogens (tertiary/aromatic N) is 1. The number of carbonyl (C=O) groups is 2. The summed E-state index contributed by atoms with van der Waals surface area (Å²) in [5.41, 5.74) is 1.09. The summed E-state index contributed by atoms with van der Waals surface area (Å²) in [6.07, 6.45) is 0. The van der Waals surface area contributed by atoms with Crippen LogP contribution >= 0.6 is 22.6 Å². The summed E-state index contributed by atoms with van der Waals surface area (Å²) in [7, 11) is 0. The summed E-state index contributed by atoms with van der Waals surface area (Å²) >= 11 is 2.15. The van der Waals surface area contributed by atoms with Crippen LogP contribution < -0.4 is 10.6 Å². The highest BCUT2D eigenvalue weighted by Gasteiger charge is 2.15. The van der Waals surface area contributed by atoms with Crippen LogP contribution in [0.15, 0.2) is 42.5 Å². The highest BCUT2D eigenvalue weighted by Crippen LogP contribution is 2.19. The van der Waals surface area contributed by atoms with E-state index in [9.17, 15) is 19.7 Å². The van der Waals surface area contributed by atoms with Crippen LogP contribution in [-0.2, 0) is 4.79 Å². The third kappa shape index (κ3) is 4.75. The van der Waals surface area contributed by atoms with E-state index < -0.39 is 10.8 Å². The Balaban J connectivity index is 1.95. The topological polar surface area (TPSA) is 101 Å². The number of benzene rings is 2. The van der Waals surface area contributed by atoms with Gasteiger partial charge in [0.2, 0.25) is 5.91 Å². The molecule has 2 N–H and O–H groups in total. The Kier molecular flexibility index (Phi) is 5.85. The number of hydrogen-bond acceptors (Lipinski definition) is 4. The molecule has 0 heterocycles. The normalized spacial score (nSPS) is 10.1. The molecular formula is C16H14IN3O4. The molecule has 0 aliphatic heterocycles. The first kappa shape index (κ1) is 17.9. The van der Waals surface area contributed by atoms with E-state index in [4.69, 9.17) is 0 Å². The van der Waals surface area contributed by atoms with Crippen LogP contribution in [0.4, 0.5) is 11.4 Å². The zero-order valence-electron chi connectivity index (χ0n) is 12.7. The third-order valence-corrected chi connectivity index (χ3v) is 3.92. The van der Waals surface area contributed by atoms with Crippen molar-refractivity contribution in [2.45, 2.75) is 6.92 Å². The monoisotopic (exact) mass is 439 g/mol. The van der Waals surface area contributed by atoms with Crippen LogP contribution in [0.5, 0.6) is 0 Å². The minimum atomic E-state index is -0.546. The Bertz CT molecular complexity index is 790. The lowest BCUT2D eigenvalue weighted by Gasteiger charge is -2.07. The van der Waals surface area contributed by atoms with Gasteiger partial charge in [-0.25, -0.2) is 0 Å². The minimum Gasteiger partial charge on any atom is -0.343 e. The van der Waals surface area contributed by atoms with Crippen LogP contribution in [0.2, 0.25) is 0 Å². The molecule has 7 nitrogen and oxygen atoms in total. The standard InChI is InChI=1S/C16H14IN3O4/c1-10-2-3-11(8-14(10)20(23)24)16(22)18-9-15(21)19-13-6-4-12(17)5-7-13/h2-8H,9H2,1H3,(H,18,22)(H,19,21). The second kappa shape index (κ2) is 7.86. The molecule has 124 valence electrons. The van der Waals surface area contributed by atoms with E-state index in [-0.39, 0.29) is 23.7 Å². The molecule has 0 aliphatic rings. The zero-order valence-corrected chi connectivity index (χ0v) is 14.9. The second-order valence-corrected chi connectivity index (χ2v) is 6.24. The number of nitro groups is 1. The molecule has 0 unspecified atom stereocenters. The van der Waals surface area contributed by atoms with Gasteiger partial charge in [-0.1, -0.05) is 6.07 Å². The van der Waals surface area contributed by atoms with Gasteiger partial charge >= 0.3 is 0 Å². The van der Waals surface area contributed by atoms with Gasteiger partial charge in [-0.05, 0) is 59.8 Å². The molecule has 0 spiro atoms. The van der Waals surface area contributed by atoms with Gasteiger partial charge in [0.1, 0.15) is 0 Å². The number of carbonyl (C=O) groups excluding carboxylic acids is 2. The predicted octanol–water partition coefficient (Wildman–Crippen LogP) is 2.88. The first-order valence-electron chi connectivity index (χ1n) is 6.95. The van der Waals surface area contributed by atoms with E-state index in [1.807, 2.05) is 12.1 Å². The van der Waals surface area contributed by atoms with Crippen LogP contribution in [0.3, 0.4) is 0 Å². The predicted molar refractivity (Wildman–Crippen MR) is 98.0 cm³/mol. The number of rotatable bonds is 5. The second-order valence-electron chi connectivity index (χ2n) is 5.00. The molecule has 0 atom stereocenters. The van der Waals surface area contributed by atoms with Crippen molar-refractivity contribution >= 4 is 45.8 Å². The molecule has 0 radical (unpaired) electrons. The molecule has 0 bridgehead atoms. The first-order chi connectivity index (χ1) is 11.4. The Hall–Kier alpha value is -2.49. The molecule has 0 aliphatic carbocycles. The van der Waals surface area contributed by atoms with Gasteiger partial charge in [0.05, 0.1) is 11.5 Å². The highest BCUT2D eigenvalue weighted by atomic mass is 127. The number of hydrogen-bond donors (Lipinski definition) is 2. The average molecular weight is 439 g/mol. The molecule has 2 aromatic rings. The summed E-state index contributed by atoms with van der Waals surface area (Å²) in [4.78, 5) is 34.2. The van der Waals surface area contributed by atoms with Crippen molar-refractivity contribution in [1.29, 1.82) is 0 Å².